The molecule has 0 amide bonds. The molecule has 1 N–H and O–H groups in total. The molecule has 13 heteroatoms. The van der Waals surface area contributed by atoms with Gasteiger partial charge in [0.1, 0.15) is 11.5 Å². The molecule has 0 aromatic heterocycles. The van der Waals surface area contributed by atoms with Crippen molar-refractivity contribution in [2.24, 2.45) is 5.92 Å². The number of ether oxygens (including phenoxy) is 2. The highest BCUT2D eigenvalue weighted by molar-refractivity contribution is 7.92. The van der Waals surface area contributed by atoms with Crippen LogP contribution in [0.5, 0.6) is 11.5 Å². The Bertz CT molecular complexity index is 1060. The summed E-state index contributed by atoms with van der Waals surface area (Å²) >= 11 is 0. The van der Waals surface area contributed by atoms with Crippen LogP contribution in [0.15, 0.2) is 47.4 Å². The lowest BCUT2D eigenvalue weighted by Gasteiger charge is -2.18. The van der Waals surface area contributed by atoms with Gasteiger partial charge in [0.25, 0.3) is 10.0 Å². The van der Waals surface area contributed by atoms with Gasteiger partial charge in [-0.1, -0.05) is 26.0 Å². The molecule has 0 aliphatic rings. The first kappa shape index (κ1) is 27.5. The Morgan fingerprint density at radius 1 is 0.882 bits per heavy atom. The van der Waals surface area contributed by atoms with Gasteiger partial charge < -0.3 is 9.47 Å². The molecule has 0 spiro atoms. The standard InChI is InChI=1S/C21H22F7NO4S/c1-13(2)7-14-3-5-18(6-4-14)34(30,31)29-15-8-16(32-11-20(24,25)19(22)23)10-17(9-15)33-12-21(26,27)28/h3-6,8-10,13,19,29H,7,11-12H2,1-2H3. The molecular formula is C21H22F7NO4S. The van der Waals surface area contributed by atoms with E-state index in [9.17, 15) is 39.2 Å². The maximum absolute atomic E-state index is 13.2. The summed E-state index contributed by atoms with van der Waals surface area (Å²) in [6.45, 7) is 0.401. The highest BCUT2D eigenvalue weighted by Gasteiger charge is 2.41. The van der Waals surface area contributed by atoms with Crippen LogP contribution in [0.1, 0.15) is 19.4 Å². The van der Waals surface area contributed by atoms with Gasteiger partial charge >= 0.3 is 18.5 Å². The zero-order valence-electron chi connectivity index (χ0n) is 18.0. The molecule has 0 atom stereocenters. The van der Waals surface area contributed by atoms with Gasteiger partial charge in [0.2, 0.25) is 0 Å². The fourth-order valence-electron chi connectivity index (χ4n) is 2.70. The van der Waals surface area contributed by atoms with Crippen molar-refractivity contribution in [2.45, 2.75) is 43.7 Å². The van der Waals surface area contributed by atoms with Crippen molar-refractivity contribution in [3.63, 3.8) is 0 Å². The Balaban J connectivity index is 2.30. The maximum Gasteiger partial charge on any atom is 0.422 e. The van der Waals surface area contributed by atoms with Crippen LogP contribution in [0.3, 0.4) is 0 Å². The van der Waals surface area contributed by atoms with E-state index in [2.05, 4.69) is 14.2 Å². The largest absolute Gasteiger partial charge is 0.487 e. The number of nitrogens with one attached hydrogen (secondary N) is 1. The SMILES string of the molecule is CC(C)Cc1ccc(S(=O)(=O)Nc2cc(OCC(F)(F)F)cc(OCC(F)(F)C(F)F)c2)cc1. The average molecular weight is 517 g/mol. The molecule has 0 aliphatic heterocycles. The van der Waals surface area contributed by atoms with Gasteiger partial charge in [0.05, 0.1) is 10.6 Å². The molecule has 0 bridgehead atoms. The maximum atomic E-state index is 13.2. The zero-order chi connectivity index (χ0) is 25.7. The predicted molar refractivity (Wildman–Crippen MR) is 110 cm³/mol. The average Bonchev–Trinajstić information content (AvgIpc) is 2.70. The summed E-state index contributed by atoms with van der Waals surface area (Å²) in [6, 6.07) is 8.30. The summed E-state index contributed by atoms with van der Waals surface area (Å²) in [7, 11) is -4.24. The van der Waals surface area contributed by atoms with Crippen molar-refractivity contribution in [3.8, 4) is 11.5 Å². The summed E-state index contributed by atoms with van der Waals surface area (Å²) < 4.78 is 125. The number of anilines is 1. The van der Waals surface area contributed by atoms with Crippen molar-refractivity contribution in [1.82, 2.24) is 0 Å². The molecular weight excluding hydrogens is 495 g/mol. The molecule has 0 radical (unpaired) electrons. The van der Waals surface area contributed by atoms with E-state index in [1.807, 2.05) is 13.8 Å². The minimum atomic E-state index is -4.75. The Kier molecular flexibility index (Phi) is 8.67. The Labute approximate surface area is 191 Å². The molecule has 2 aromatic rings. The van der Waals surface area contributed by atoms with Gasteiger partial charge in [0, 0.05) is 18.2 Å². The lowest BCUT2D eigenvalue weighted by atomic mass is 10.0. The number of hydrogen-bond acceptors (Lipinski definition) is 4. The van der Waals surface area contributed by atoms with E-state index in [1.54, 1.807) is 12.1 Å². The third-order valence-corrected chi connectivity index (χ3v) is 5.56. The summed E-state index contributed by atoms with van der Waals surface area (Å²) in [6.07, 6.45) is -8.10. The van der Waals surface area contributed by atoms with E-state index in [0.29, 0.717) is 12.3 Å². The number of hydrogen-bond donors (Lipinski definition) is 1. The number of sulfonamides is 1. The third-order valence-electron chi connectivity index (χ3n) is 4.16. The van der Waals surface area contributed by atoms with Crippen LogP contribution in [0.25, 0.3) is 0 Å². The van der Waals surface area contributed by atoms with Crippen LogP contribution < -0.4 is 14.2 Å². The summed E-state index contributed by atoms with van der Waals surface area (Å²) in [4.78, 5) is -0.173. The van der Waals surface area contributed by atoms with Gasteiger partial charge in [-0.05, 0) is 30.0 Å². The molecule has 2 rings (SSSR count). The fraction of sp³-hybridized carbons (Fsp3) is 0.429. The fourth-order valence-corrected chi connectivity index (χ4v) is 3.74. The molecule has 0 aliphatic carbocycles. The van der Waals surface area contributed by atoms with Crippen molar-refractivity contribution in [2.75, 3.05) is 17.9 Å². The molecule has 190 valence electrons. The van der Waals surface area contributed by atoms with Gasteiger partial charge in [-0.2, -0.15) is 22.0 Å². The van der Waals surface area contributed by atoms with Gasteiger partial charge in [0.15, 0.2) is 13.2 Å². The molecule has 34 heavy (non-hydrogen) atoms. The van der Waals surface area contributed by atoms with E-state index in [-0.39, 0.29) is 10.6 Å². The van der Waals surface area contributed by atoms with Crippen LogP contribution in [0, 0.1) is 5.92 Å². The third kappa shape index (κ3) is 8.58. The van der Waals surface area contributed by atoms with Crippen molar-refractivity contribution < 1.29 is 48.6 Å². The molecule has 0 fully saturated rings. The smallest absolute Gasteiger partial charge is 0.422 e. The minimum Gasteiger partial charge on any atom is -0.487 e. The molecule has 0 saturated heterocycles. The van der Waals surface area contributed by atoms with E-state index < -0.39 is 53.3 Å². The normalized spacial score (nSPS) is 12.8. The van der Waals surface area contributed by atoms with Crippen LogP contribution >= 0.6 is 0 Å². The summed E-state index contributed by atoms with van der Waals surface area (Å²) in [5.74, 6) is -5.40. The first-order valence-corrected chi connectivity index (χ1v) is 11.3. The molecule has 2 aromatic carbocycles. The molecule has 0 heterocycles. The van der Waals surface area contributed by atoms with Crippen molar-refractivity contribution in [3.05, 3.63) is 48.0 Å². The van der Waals surface area contributed by atoms with E-state index in [1.165, 1.54) is 12.1 Å². The van der Waals surface area contributed by atoms with Gasteiger partial charge in [-0.15, -0.1) is 0 Å². The Morgan fingerprint density at radius 3 is 1.88 bits per heavy atom. The second-order valence-corrected chi connectivity index (χ2v) is 9.48. The van der Waals surface area contributed by atoms with Crippen LogP contribution in [0.2, 0.25) is 0 Å². The minimum absolute atomic E-state index is 0.173. The number of halogens is 7. The molecule has 0 saturated carbocycles. The first-order chi connectivity index (χ1) is 15.6. The first-order valence-electron chi connectivity index (χ1n) is 9.82. The van der Waals surface area contributed by atoms with Crippen LogP contribution in [-0.4, -0.2) is 40.2 Å². The monoisotopic (exact) mass is 517 g/mol. The highest BCUT2D eigenvalue weighted by atomic mass is 32.2. The van der Waals surface area contributed by atoms with Gasteiger partial charge in [-0.3, -0.25) is 4.72 Å². The lowest BCUT2D eigenvalue weighted by molar-refractivity contribution is -0.153. The van der Waals surface area contributed by atoms with E-state index >= 15 is 0 Å². The number of alkyl halides is 7. The van der Waals surface area contributed by atoms with E-state index in [0.717, 1.165) is 23.8 Å². The summed E-state index contributed by atoms with van der Waals surface area (Å²) in [5.41, 5.74) is 0.494. The lowest BCUT2D eigenvalue weighted by Crippen LogP contribution is -2.33. The van der Waals surface area contributed by atoms with Crippen LogP contribution in [0.4, 0.5) is 36.4 Å². The topological polar surface area (TPSA) is 64.6 Å². The number of benzene rings is 2. The second kappa shape index (κ2) is 10.7. The van der Waals surface area contributed by atoms with Crippen molar-refractivity contribution >= 4 is 15.7 Å². The zero-order valence-corrected chi connectivity index (χ0v) is 18.8. The van der Waals surface area contributed by atoms with Crippen LogP contribution in [-0.2, 0) is 16.4 Å². The second-order valence-electron chi connectivity index (χ2n) is 7.79. The number of rotatable bonds is 11. The summed E-state index contributed by atoms with van der Waals surface area (Å²) in [5, 5.41) is 0. The highest BCUT2D eigenvalue weighted by Crippen LogP contribution is 2.31. The van der Waals surface area contributed by atoms with E-state index in [4.69, 9.17) is 0 Å². The van der Waals surface area contributed by atoms with Gasteiger partial charge in [-0.25, -0.2) is 17.2 Å². The molecule has 0 unspecified atom stereocenters. The van der Waals surface area contributed by atoms with Crippen molar-refractivity contribution in [1.29, 1.82) is 0 Å². The quantitative estimate of drug-likeness (QED) is 0.377. The predicted octanol–water partition coefficient (Wildman–Crippen LogP) is 5.91. The molecule has 5 nitrogen and oxygen atoms in total. The Hall–Kier alpha value is -2.70. The Morgan fingerprint density at radius 2 is 1.41 bits per heavy atom.